The number of carbonyl (C=O) groups excluding carboxylic acids is 2. The van der Waals surface area contributed by atoms with Gasteiger partial charge in [-0.15, -0.1) is 0 Å². The highest BCUT2D eigenvalue weighted by Gasteiger charge is 2.46. The molecule has 1 heterocycles. The van der Waals surface area contributed by atoms with Crippen molar-refractivity contribution in [1.29, 1.82) is 0 Å². The van der Waals surface area contributed by atoms with Gasteiger partial charge in [0, 0.05) is 13.0 Å². The molecule has 1 fully saturated rings. The van der Waals surface area contributed by atoms with E-state index in [1.165, 1.54) is 4.90 Å². The number of unbranched alkanes of at least 4 members (excludes halogenated alkanes) is 2. The van der Waals surface area contributed by atoms with E-state index in [2.05, 4.69) is 4.18 Å². The molecule has 20 heavy (non-hydrogen) atoms. The fraction of sp³-hybridized carbons (Fsp3) is 0.846. The van der Waals surface area contributed by atoms with Gasteiger partial charge in [-0.3, -0.25) is 18.7 Å². The Bertz CT molecular complexity index is 473. The van der Waals surface area contributed by atoms with Crippen LogP contribution in [0.5, 0.6) is 0 Å². The molecule has 1 rings (SSSR count). The zero-order valence-corrected chi connectivity index (χ0v) is 13.2. The summed E-state index contributed by atoms with van der Waals surface area (Å²) in [6, 6.07) is 0. The lowest BCUT2D eigenvalue weighted by atomic mass is 9.86. The average molecular weight is 305 g/mol. The zero-order valence-electron chi connectivity index (χ0n) is 12.3. The number of hydrogen-bond acceptors (Lipinski definition) is 5. The van der Waals surface area contributed by atoms with Crippen LogP contribution in [0, 0.1) is 5.41 Å². The van der Waals surface area contributed by atoms with Gasteiger partial charge < -0.3 is 0 Å². The second-order valence-corrected chi connectivity index (χ2v) is 7.17. The molecular weight excluding hydrogens is 282 g/mol. The molecule has 0 spiro atoms. The van der Waals surface area contributed by atoms with E-state index in [0.717, 1.165) is 12.7 Å². The molecule has 0 aromatic rings. The van der Waals surface area contributed by atoms with Crippen molar-refractivity contribution in [2.24, 2.45) is 5.41 Å². The predicted octanol–water partition coefficient (Wildman–Crippen LogP) is 1.31. The third-order valence-corrected chi connectivity index (χ3v) is 4.30. The van der Waals surface area contributed by atoms with Gasteiger partial charge in [-0.1, -0.05) is 13.8 Å². The number of likely N-dealkylation sites (tertiary alicyclic amines) is 1. The summed E-state index contributed by atoms with van der Waals surface area (Å²) in [5.74, 6) is -0.191. The molecule has 0 radical (unpaired) electrons. The summed E-state index contributed by atoms with van der Waals surface area (Å²) in [5, 5.41) is 0. The summed E-state index contributed by atoms with van der Waals surface area (Å²) in [4.78, 5) is 25.3. The van der Waals surface area contributed by atoms with Crippen LogP contribution < -0.4 is 0 Å². The van der Waals surface area contributed by atoms with Crippen molar-refractivity contribution in [3.8, 4) is 0 Å². The van der Waals surface area contributed by atoms with Crippen molar-refractivity contribution in [2.45, 2.75) is 46.0 Å². The summed E-state index contributed by atoms with van der Waals surface area (Å²) in [7, 11) is -3.38. The van der Waals surface area contributed by atoms with Gasteiger partial charge in [0.25, 0.3) is 10.1 Å². The standard InChI is InChI=1S/C13H23NO5S/c1-4-13(2)10-11(15)14(12(13)16)8-6-5-7-9-19-20(3,17)18/h4-10H2,1-3H3. The smallest absolute Gasteiger partial charge is 0.264 e. The maximum Gasteiger partial charge on any atom is 0.264 e. The number of nitrogens with zero attached hydrogens (tertiary/aromatic N) is 1. The van der Waals surface area contributed by atoms with Gasteiger partial charge in [0.2, 0.25) is 11.8 Å². The minimum atomic E-state index is -3.38. The first-order valence-corrected chi connectivity index (χ1v) is 8.70. The number of rotatable bonds is 8. The van der Waals surface area contributed by atoms with Crippen LogP contribution in [0.4, 0.5) is 0 Å². The topological polar surface area (TPSA) is 80.8 Å². The Hall–Kier alpha value is -0.950. The van der Waals surface area contributed by atoms with Crippen molar-refractivity contribution >= 4 is 21.9 Å². The van der Waals surface area contributed by atoms with E-state index in [0.29, 0.717) is 32.2 Å². The molecule has 7 heteroatoms. The Morgan fingerprint density at radius 2 is 1.90 bits per heavy atom. The maximum atomic E-state index is 12.1. The first-order valence-electron chi connectivity index (χ1n) is 6.89. The molecule has 1 aliphatic rings. The summed E-state index contributed by atoms with van der Waals surface area (Å²) in [6.45, 7) is 4.30. The normalized spacial score (nSPS) is 23.6. The lowest BCUT2D eigenvalue weighted by Crippen LogP contribution is -2.34. The van der Waals surface area contributed by atoms with Gasteiger partial charge in [-0.25, -0.2) is 0 Å². The van der Waals surface area contributed by atoms with Crippen LogP contribution in [-0.2, 0) is 23.9 Å². The van der Waals surface area contributed by atoms with E-state index in [4.69, 9.17) is 0 Å². The number of carbonyl (C=O) groups is 2. The van der Waals surface area contributed by atoms with Crippen LogP contribution in [0.2, 0.25) is 0 Å². The highest BCUT2D eigenvalue weighted by atomic mass is 32.2. The monoisotopic (exact) mass is 305 g/mol. The van der Waals surface area contributed by atoms with Crippen LogP contribution in [0.1, 0.15) is 46.0 Å². The maximum absolute atomic E-state index is 12.1. The minimum absolute atomic E-state index is 0.0858. The molecule has 0 N–H and O–H groups in total. The molecule has 1 unspecified atom stereocenters. The summed E-state index contributed by atoms with van der Waals surface area (Å²) < 4.78 is 26.1. The van der Waals surface area contributed by atoms with E-state index in [1.54, 1.807) is 0 Å². The lowest BCUT2D eigenvalue weighted by molar-refractivity contribution is -0.141. The van der Waals surface area contributed by atoms with Crippen molar-refractivity contribution in [3.05, 3.63) is 0 Å². The molecule has 1 aliphatic heterocycles. The van der Waals surface area contributed by atoms with Crippen LogP contribution in [0.3, 0.4) is 0 Å². The molecule has 1 atom stereocenters. The molecule has 0 bridgehead atoms. The Balaban J connectivity index is 2.29. The summed E-state index contributed by atoms with van der Waals surface area (Å²) in [5.41, 5.74) is -0.545. The third-order valence-electron chi connectivity index (χ3n) is 3.71. The molecule has 0 aromatic heterocycles. The van der Waals surface area contributed by atoms with Crippen molar-refractivity contribution in [2.75, 3.05) is 19.4 Å². The second-order valence-electron chi connectivity index (χ2n) is 5.53. The fourth-order valence-electron chi connectivity index (χ4n) is 2.21. The fourth-order valence-corrected chi connectivity index (χ4v) is 2.63. The molecule has 0 saturated carbocycles. The van der Waals surface area contributed by atoms with Gasteiger partial charge in [-0.2, -0.15) is 8.42 Å². The number of hydrogen-bond donors (Lipinski definition) is 0. The molecule has 0 aliphatic carbocycles. The van der Waals surface area contributed by atoms with E-state index in [-0.39, 0.29) is 18.4 Å². The first kappa shape index (κ1) is 17.1. The van der Waals surface area contributed by atoms with E-state index in [1.807, 2.05) is 13.8 Å². The molecule has 2 amide bonds. The highest BCUT2D eigenvalue weighted by molar-refractivity contribution is 7.85. The lowest BCUT2D eigenvalue weighted by Gasteiger charge is -2.20. The average Bonchev–Trinajstić information content (AvgIpc) is 2.55. The molecular formula is C13H23NO5S. The van der Waals surface area contributed by atoms with Crippen molar-refractivity contribution in [3.63, 3.8) is 0 Å². The molecule has 0 aromatic carbocycles. The van der Waals surface area contributed by atoms with Gasteiger partial charge in [-0.05, 0) is 25.7 Å². The van der Waals surface area contributed by atoms with Gasteiger partial charge in [0.1, 0.15) is 0 Å². The van der Waals surface area contributed by atoms with Gasteiger partial charge in [0.15, 0.2) is 0 Å². The van der Waals surface area contributed by atoms with Crippen LogP contribution in [0.15, 0.2) is 0 Å². The Labute approximate surface area is 120 Å². The van der Waals surface area contributed by atoms with Gasteiger partial charge >= 0.3 is 0 Å². The third kappa shape index (κ3) is 4.56. The quantitative estimate of drug-likeness (QED) is 0.384. The molecule has 116 valence electrons. The zero-order chi connectivity index (χ0) is 15.4. The van der Waals surface area contributed by atoms with E-state index < -0.39 is 15.5 Å². The van der Waals surface area contributed by atoms with Crippen molar-refractivity contribution in [1.82, 2.24) is 4.90 Å². The molecule has 1 saturated heterocycles. The van der Waals surface area contributed by atoms with Crippen molar-refractivity contribution < 1.29 is 22.2 Å². The molecule has 6 nitrogen and oxygen atoms in total. The van der Waals surface area contributed by atoms with E-state index in [9.17, 15) is 18.0 Å². The summed E-state index contributed by atoms with van der Waals surface area (Å²) >= 11 is 0. The second kappa shape index (κ2) is 6.67. The Morgan fingerprint density at radius 1 is 1.25 bits per heavy atom. The Kier molecular flexibility index (Phi) is 5.70. The highest BCUT2D eigenvalue weighted by Crippen LogP contribution is 2.35. The van der Waals surface area contributed by atoms with Crippen LogP contribution >= 0.6 is 0 Å². The van der Waals surface area contributed by atoms with Crippen LogP contribution in [0.25, 0.3) is 0 Å². The SMILES string of the molecule is CCC1(C)CC(=O)N(CCCCCOS(C)(=O)=O)C1=O. The first-order chi connectivity index (χ1) is 9.19. The predicted molar refractivity (Wildman–Crippen MR) is 74.4 cm³/mol. The van der Waals surface area contributed by atoms with E-state index >= 15 is 0 Å². The number of imide groups is 1. The van der Waals surface area contributed by atoms with Gasteiger partial charge in [0.05, 0.1) is 18.3 Å². The number of amides is 2. The Morgan fingerprint density at radius 3 is 2.40 bits per heavy atom. The summed E-state index contributed by atoms with van der Waals surface area (Å²) in [6.07, 6.45) is 3.95. The largest absolute Gasteiger partial charge is 0.282 e. The van der Waals surface area contributed by atoms with Crippen LogP contribution in [-0.4, -0.2) is 44.5 Å². The minimum Gasteiger partial charge on any atom is -0.282 e.